The average Bonchev–Trinajstić information content (AvgIpc) is 2.47. The van der Waals surface area contributed by atoms with Gasteiger partial charge in [0, 0.05) is 13.2 Å². The maximum atomic E-state index is 5.94. The van der Waals surface area contributed by atoms with E-state index in [1.54, 1.807) is 0 Å². The highest BCUT2D eigenvalue weighted by Crippen LogP contribution is 2.20. The van der Waals surface area contributed by atoms with E-state index in [1.807, 2.05) is 0 Å². The third-order valence-corrected chi connectivity index (χ3v) is 4.22. The molecule has 0 spiro atoms. The van der Waals surface area contributed by atoms with Gasteiger partial charge in [-0.3, -0.25) is 0 Å². The lowest BCUT2D eigenvalue weighted by atomic mass is 9.98. The Hall–Kier alpha value is -0.860. The number of benzene rings is 1. The van der Waals surface area contributed by atoms with Crippen molar-refractivity contribution in [3.05, 3.63) is 34.9 Å². The minimum Gasteiger partial charge on any atom is -0.378 e. The zero-order valence-corrected chi connectivity index (χ0v) is 13.1. The Bertz CT molecular complexity index is 396. The van der Waals surface area contributed by atoms with E-state index in [0.717, 1.165) is 26.1 Å². The van der Waals surface area contributed by atoms with Crippen LogP contribution in [0.2, 0.25) is 0 Å². The van der Waals surface area contributed by atoms with Gasteiger partial charge in [0.1, 0.15) is 0 Å². The molecule has 112 valence electrons. The molecular formula is C18H29NO. The van der Waals surface area contributed by atoms with Crippen molar-refractivity contribution in [3.63, 3.8) is 0 Å². The topological polar surface area (TPSA) is 21.3 Å². The van der Waals surface area contributed by atoms with Gasteiger partial charge in [-0.15, -0.1) is 0 Å². The van der Waals surface area contributed by atoms with Gasteiger partial charge < -0.3 is 10.1 Å². The second-order valence-corrected chi connectivity index (χ2v) is 6.09. The van der Waals surface area contributed by atoms with E-state index in [0.29, 0.717) is 6.10 Å². The highest BCUT2D eigenvalue weighted by atomic mass is 16.5. The molecule has 0 aliphatic heterocycles. The van der Waals surface area contributed by atoms with Gasteiger partial charge in [0.2, 0.25) is 0 Å². The van der Waals surface area contributed by atoms with Crippen LogP contribution < -0.4 is 5.32 Å². The van der Waals surface area contributed by atoms with Crippen molar-refractivity contribution in [2.24, 2.45) is 0 Å². The Kier molecular flexibility index (Phi) is 6.55. The fourth-order valence-corrected chi connectivity index (χ4v) is 2.89. The maximum Gasteiger partial charge on any atom is 0.0575 e. The number of hydrogen-bond acceptors (Lipinski definition) is 2. The van der Waals surface area contributed by atoms with Crippen LogP contribution in [-0.2, 0) is 11.3 Å². The minimum atomic E-state index is 0.544. The Morgan fingerprint density at radius 3 is 2.75 bits per heavy atom. The van der Waals surface area contributed by atoms with Gasteiger partial charge in [0.15, 0.2) is 0 Å². The summed E-state index contributed by atoms with van der Waals surface area (Å²) in [4.78, 5) is 0. The van der Waals surface area contributed by atoms with Crippen LogP contribution in [0.25, 0.3) is 0 Å². The zero-order chi connectivity index (χ0) is 14.2. The second kappa shape index (κ2) is 8.43. The van der Waals surface area contributed by atoms with Crippen molar-refractivity contribution in [2.45, 2.75) is 65.0 Å². The van der Waals surface area contributed by atoms with Crippen molar-refractivity contribution < 1.29 is 4.74 Å². The van der Waals surface area contributed by atoms with Crippen LogP contribution >= 0.6 is 0 Å². The largest absolute Gasteiger partial charge is 0.378 e. The van der Waals surface area contributed by atoms with Gasteiger partial charge in [-0.25, -0.2) is 0 Å². The van der Waals surface area contributed by atoms with E-state index in [9.17, 15) is 0 Å². The Morgan fingerprint density at radius 1 is 1.15 bits per heavy atom. The number of aryl methyl sites for hydroxylation is 2. The number of ether oxygens (including phenoxy) is 1. The molecule has 1 fully saturated rings. The molecule has 1 aliphatic rings. The second-order valence-electron chi connectivity index (χ2n) is 6.09. The number of rotatable bonds is 7. The highest BCUT2D eigenvalue weighted by Gasteiger charge is 2.12. The smallest absolute Gasteiger partial charge is 0.0575 e. The fourth-order valence-electron chi connectivity index (χ4n) is 2.89. The summed E-state index contributed by atoms with van der Waals surface area (Å²) in [6.07, 6.45) is 8.32. The van der Waals surface area contributed by atoms with Crippen molar-refractivity contribution >= 4 is 0 Å². The summed E-state index contributed by atoms with van der Waals surface area (Å²) < 4.78 is 5.94. The molecule has 1 saturated carbocycles. The van der Waals surface area contributed by atoms with Gasteiger partial charge in [0.25, 0.3) is 0 Å². The summed E-state index contributed by atoms with van der Waals surface area (Å²) in [7, 11) is 0. The third-order valence-electron chi connectivity index (χ3n) is 4.22. The quantitative estimate of drug-likeness (QED) is 0.755. The van der Waals surface area contributed by atoms with Crippen molar-refractivity contribution in [1.82, 2.24) is 5.32 Å². The SMILES string of the molecule is Cc1ccc(C)c(CNCCCOC2CCCCC2)c1. The van der Waals surface area contributed by atoms with Gasteiger partial charge in [-0.1, -0.05) is 43.0 Å². The van der Waals surface area contributed by atoms with Crippen molar-refractivity contribution in [3.8, 4) is 0 Å². The van der Waals surface area contributed by atoms with Crippen LogP contribution in [0.15, 0.2) is 18.2 Å². The standard InChI is InChI=1S/C18H29NO/c1-15-9-10-16(2)17(13-15)14-19-11-6-12-20-18-7-4-3-5-8-18/h9-10,13,18-19H,3-8,11-12,14H2,1-2H3. The molecule has 0 saturated heterocycles. The predicted molar refractivity (Wildman–Crippen MR) is 85.1 cm³/mol. The molecule has 0 aromatic heterocycles. The van der Waals surface area contributed by atoms with E-state index in [2.05, 4.69) is 37.4 Å². The lowest BCUT2D eigenvalue weighted by Gasteiger charge is -2.21. The first-order chi connectivity index (χ1) is 9.75. The Morgan fingerprint density at radius 2 is 1.95 bits per heavy atom. The molecule has 0 amide bonds. The average molecular weight is 275 g/mol. The molecular weight excluding hydrogens is 246 g/mol. The van der Waals surface area contributed by atoms with Gasteiger partial charge in [0.05, 0.1) is 6.10 Å². The number of nitrogens with one attached hydrogen (secondary N) is 1. The molecule has 0 atom stereocenters. The van der Waals surface area contributed by atoms with E-state index < -0.39 is 0 Å². The first-order valence-electron chi connectivity index (χ1n) is 8.14. The third kappa shape index (κ3) is 5.26. The van der Waals surface area contributed by atoms with Gasteiger partial charge in [-0.2, -0.15) is 0 Å². The van der Waals surface area contributed by atoms with Gasteiger partial charge in [-0.05, 0) is 50.8 Å². The van der Waals surface area contributed by atoms with Crippen molar-refractivity contribution in [1.29, 1.82) is 0 Å². The van der Waals surface area contributed by atoms with E-state index >= 15 is 0 Å². The first-order valence-corrected chi connectivity index (χ1v) is 8.14. The molecule has 0 bridgehead atoms. The summed E-state index contributed by atoms with van der Waals surface area (Å²) in [5, 5.41) is 3.53. The molecule has 0 heterocycles. The molecule has 0 radical (unpaired) electrons. The van der Waals surface area contributed by atoms with Crippen LogP contribution in [-0.4, -0.2) is 19.3 Å². The van der Waals surface area contributed by atoms with E-state index in [1.165, 1.54) is 48.8 Å². The molecule has 20 heavy (non-hydrogen) atoms. The molecule has 2 nitrogen and oxygen atoms in total. The van der Waals surface area contributed by atoms with E-state index in [4.69, 9.17) is 4.74 Å². The van der Waals surface area contributed by atoms with Crippen LogP contribution in [0.1, 0.15) is 55.2 Å². The lowest BCUT2D eigenvalue weighted by molar-refractivity contribution is 0.0273. The van der Waals surface area contributed by atoms with Crippen LogP contribution in [0.3, 0.4) is 0 Å². The van der Waals surface area contributed by atoms with E-state index in [-0.39, 0.29) is 0 Å². The molecule has 1 aliphatic carbocycles. The summed E-state index contributed by atoms with van der Waals surface area (Å²) in [6, 6.07) is 6.66. The van der Waals surface area contributed by atoms with Crippen LogP contribution in [0.5, 0.6) is 0 Å². The molecule has 2 rings (SSSR count). The number of hydrogen-bond donors (Lipinski definition) is 1. The molecule has 2 heteroatoms. The summed E-state index contributed by atoms with van der Waals surface area (Å²) in [6.45, 7) is 7.26. The maximum absolute atomic E-state index is 5.94. The fraction of sp³-hybridized carbons (Fsp3) is 0.667. The molecule has 1 aromatic rings. The van der Waals surface area contributed by atoms with Crippen molar-refractivity contribution in [2.75, 3.05) is 13.2 Å². The summed E-state index contributed by atoms with van der Waals surface area (Å²) in [5.74, 6) is 0. The molecule has 0 unspecified atom stereocenters. The van der Waals surface area contributed by atoms with Gasteiger partial charge >= 0.3 is 0 Å². The normalized spacial score (nSPS) is 16.5. The minimum absolute atomic E-state index is 0.544. The molecule has 1 aromatic carbocycles. The zero-order valence-electron chi connectivity index (χ0n) is 13.1. The first kappa shape index (κ1) is 15.5. The van der Waals surface area contributed by atoms with Crippen LogP contribution in [0.4, 0.5) is 0 Å². The monoisotopic (exact) mass is 275 g/mol. The summed E-state index contributed by atoms with van der Waals surface area (Å²) >= 11 is 0. The highest BCUT2D eigenvalue weighted by molar-refractivity contribution is 5.30. The summed E-state index contributed by atoms with van der Waals surface area (Å²) in [5.41, 5.74) is 4.13. The molecule has 1 N–H and O–H groups in total. The Labute approximate surface area is 123 Å². The lowest BCUT2D eigenvalue weighted by Crippen LogP contribution is -2.21. The van der Waals surface area contributed by atoms with Crippen LogP contribution in [0, 0.1) is 13.8 Å². The Balaban J connectivity index is 1.56. The predicted octanol–water partition coefficient (Wildman–Crippen LogP) is 4.13.